The molecule has 5 heteroatoms. The lowest BCUT2D eigenvalue weighted by Gasteiger charge is -2.07. The molecule has 24 heavy (non-hydrogen) atoms. The maximum Gasteiger partial charge on any atom is 0.342 e. The number of aliphatic hydroxyl groups excluding tert-OH is 2. The predicted octanol–water partition coefficient (Wildman–Crippen LogP) is 4.30. The van der Waals surface area contributed by atoms with Crippen LogP contribution in [0.15, 0.2) is 0 Å². The minimum atomic E-state index is -1.01. The standard InChI is InChI=1S/C19H38O5/c1-2-3-4-5-6-7-8-9-10-11-12-13-14-15-19(22)24-23-17-18(21)16-20/h18,20-21H,2-17H2,1H3. The molecule has 0 amide bonds. The van der Waals surface area contributed by atoms with Crippen molar-refractivity contribution in [3.05, 3.63) is 0 Å². The van der Waals surface area contributed by atoms with Gasteiger partial charge in [0, 0.05) is 6.42 Å². The summed E-state index contributed by atoms with van der Waals surface area (Å²) in [4.78, 5) is 20.4. The molecule has 0 saturated carbocycles. The van der Waals surface area contributed by atoms with Gasteiger partial charge in [-0.1, -0.05) is 84.0 Å². The molecule has 1 atom stereocenters. The Bertz CT molecular complexity index is 270. The van der Waals surface area contributed by atoms with E-state index in [-0.39, 0.29) is 6.61 Å². The summed E-state index contributed by atoms with van der Waals surface area (Å²) in [7, 11) is 0. The highest BCUT2D eigenvalue weighted by atomic mass is 17.2. The Morgan fingerprint density at radius 1 is 0.833 bits per heavy atom. The smallest absolute Gasteiger partial charge is 0.342 e. The zero-order chi connectivity index (χ0) is 17.9. The fraction of sp³-hybridized carbons (Fsp3) is 0.947. The SMILES string of the molecule is CCCCCCCCCCCCCCCC(=O)OOCC(O)CO. The number of unbranched alkanes of at least 4 members (excludes halogenated alkanes) is 12. The van der Waals surface area contributed by atoms with Gasteiger partial charge in [-0.2, -0.15) is 4.89 Å². The van der Waals surface area contributed by atoms with E-state index in [0.717, 1.165) is 19.3 Å². The summed E-state index contributed by atoms with van der Waals surface area (Å²) in [5.74, 6) is -0.414. The minimum absolute atomic E-state index is 0.194. The molecule has 2 N–H and O–H groups in total. The van der Waals surface area contributed by atoms with Crippen LogP contribution in [0.2, 0.25) is 0 Å². The van der Waals surface area contributed by atoms with Crippen LogP contribution in [-0.2, 0) is 14.6 Å². The molecule has 0 heterocycles. The number of aliphatic hydroxyl groups is 2. The van der Waals surface area contributed by atoms with Gasteiger partial charge in [-0.15, -0.1) is 0 Å². The third-order valence-electron chi connectivity index (χ3n) is 4.11. The number of rotatable bonds is 18. The van der Waals surface area contributed by atoms with Crippen LogP contribution in [0, 0.1) is 0 Å². The summed E-state index contributed by atoms with van der Waals surface area (Å²) in [5.41, 5.74) is 0. The Morgan fingerprint density at radius 3 is 1.75 bits per heavy atom. The molecular weight excluding hydrogens is 308 g/mol. The highest BCUT2D eigenvalue weighted by molar-refractivity contribution is 5.68. The molecule has 0 bridgehead atoms. The van der Waals surface area contributed by atoms with Gasteiger partial charge in [0.05, 0.1) is 6.61 Å². The first-order valence-electron chi connectivity index (χ1n) is 9.82. The number of carbonyl (C=O) groups is 1. The molecule has 0 aromatic rings. The second-order valence-corrected chi connectivity index (χ2v) is 6.57. The Balaban J connectivity index is 3.15. The molecular formula is C19H38O5. The lowest BCUT2D eigenvalue weighted by Crippen LogP contribution is -2.20. The van der Waals surface area contributed by atoms with Gasteiger partial charge in [-0.3, -0.25) is 4.89 Å². The average Bonchev–Trinajstić information content (AvgIpc) is 2.58. The fourth-order valence-electron chi connectivity index (χ4n) is 2.56. The van der Waals surface area contributed by atoms with Crippen LogP contribution in [0.4, 0.5) is 0 Å². The fourth-order valence-corrected chi connectivity index (χ4v) is 2.56. The Morgan fingerprint density at radius 2 is 1.29 bits per heavy atom. The monoisotopic (exact) mass is 346 g/mol. The lowest BCUT2D eigenvalue weighted by atomic mass is 10.0. The van der Waals surface area contributed by atoms with E-state index in [1.54, 1.807) is 0 Å². The second-order valence-electron chi connectivity index (χ2n) is 6.57. The predicted molar refractivity (Wildman–Crippen MR) is 95.4 cm³/mol. The van der Waals surface area contributed by atoms with Crippen molar-refractivity contribution in [2.45, 2.75) is 103 Å². The van der Waals surface area contributed by atoms with Crippen molar-refractivity contribution in [3.63, 3.8) is 0 Å². The summed E-state index contributed by atoms with van der Waals surface area (Å²) in [6.45, 7) is 1.65. The topological polar surface area (TPSA) is 76.0 Å². The van der Waals surface area contributed by atoms with Crippen LogP contribution in [0.5, 0.6) is 0 Å². The van der Waals surface area contributed by atoms with Crippen LogP contribution in [0.1, 0.15) is 96.8 Å². The number of carbonyl (C=O) groups excluding carboxylic acids is 1. The van der Waals surface area contributed by atoms with Crippen molar-refractivity contribution in [1.29, 1.82) is 0 Å². The molecule has 0 aliphatic rings. The molecule has 0 saturated heterocycles. The van der Waals surface area contributed by atoms with Crippen molar-refractivity contribution >= 4 is 5.97 Å². The summed E-state index contributed by atoms with van der Waals surface area (Å²) in [6.07, 6.45) is 15.8. The Hall–Kier alpha value is -0.650. The lowest BCUT2D eigenvalue weighted by molar-refractivity contribution is -0.282. The van der Waals surface area contributed by atoms with Crippen molar-refractivity contribution in [1.82, 2.24) is 0 Å². The second kappa shape index (κ2) is 18.7. The third-order valence-corrected chi connectivity index (χ3v) is 4.11. The minimum Gasteiger partial charge on any atom is -0.394 e. The molecule has 0 fully saturated rings. The van der Waals surface area contributed by atoms with E-state index < -0.39 is 18.7 Å². The molecule has 0 aliphatic carbocycles. The Labute approximate surface area is 147 Å². The van der Waals surface area contributed by atoms with Gasteiger partial charge in [0.25, 0.3) is 0 Å². The first kappa shape index (κ1) is 23.4. The molecule has 0 aromatic carbocycles. The van der Waals surface area contributed by atoms with Crippen molar-refractivity contribution < 1.29 is 24.8 Å². The van der Waals surface area contributed by atoms with Gasteiger partial charge < -0.3 is 10.2 Å². The zero-order valence-electron chi connectivity index (χ0n) is 15.5. The third kappa shape index (κ3) is 17.7. The van der Waals surface area contributed by atoms with E-state index in [1.165, 1.54) is 64.2 Å². The molecule has 1 unspecified atom stereocenters. The molecule has 0 spiro atoms. The van der Waals surface area contributed by atoms with Crippen molar-refractivity contribution in [2.75, 3.05) is 13.2 Å². The molecule has 0 rings (SSSR count). The molecule has 0 aromatic heterocycles. The molecule has 5 nitrogen and oxygen atoms in total. The normalized spacial score (nSPS) is 12.3. The van der Waals surface area contributed by atoms with Gasteiger partial charge in [0.15, 0.2) is 0 Å². The molecule has 144 valence electrons. The number of hydrogen-bond donors (Lipinski definition) is 2. The quantitative estimate of drug-likeness (QED) is 0.220. The first-order chi connectivity index (χ1) is 11.7. The Kier molecular flexibility index (Phi) is 18.2. The van der Waals surface area contributed by atoms with E-state index >= 15 is 0 Å². The van der Waals surface area contributed by atoms with E-state index in [1.807, 2.05) is 0 Å². The largest absolute Gasteiger partial charge is 0.394 e. The average molecular weight is 347 g/mol. The van der Waals surface area contributed by atoms with Gasteiger partial charge in [0.2, 0.25) is 0 Å². The first-order valence-corrected chi connectivity index (χ1v) is 9.82. The molecule has 0 radical (unpaired) electrons. The zero-order valence-corrected chi connectivity index (χ0v) is 15.5. The van der Waals surface area contributed by atoms with Gasteiger partial charge in [0.1, 0.15) is 12.7 Å². The van der Waals surface area contributed by atoms with E-state index in [9.17, 15) is 4.79 Å². The van der Waals surface area contributed by atoms with E-state index in [0.29, 0.717) is 6.42 Å². The summed E-state index contributed by atoms with van der Waals surface area (Å²) in [6, 6.07) is 0. The van der Waals surface area contributed by atoms with Crippen LogP contribution >= 0.6 is 0 Å². The summed E-state index contributed by atoms with van der Waals surface area (Å²) < 4.78 is 0. The van der Waals surface area contributed by atoms with Gasteiger partial charge in [-0.05, 0) is 6.42 Å². The molecule has 0 aliphatic heterocycles. The van der Waals surface area contributed by atoms with E-state index in [4.69, 9.17) is 10.2 Å². The summed E-state index contributed by atoms with van der Waals surface area (Å²) in [5, 5.41) is 17.6. The summed E-state index contributed by atoms with van der Waals surface area (Å²) >= 11 is 0. The van der Waals surface area contributed by atoms with Gasteiger partial charge >= 0.3 is 5.97 Å². The van der Waals surface area contributed by atoms with Crippen LogP contribution in [-0.4, -0.2) is 35.5 Å². The highest BCUT2D eigenvalue weighted by Gasteiger charge is 2.07. The maximum absolute atomic E-state index is 11.3. The van der Waals surface area contributed by atoms with E-state index in [2.05, 4.69) is 16.7 Å². The van der Waals surface area contributed by atoms with Crippen molar-refractivity contribution in [2.24, 2.45) is 0 Å². The van der Waals surface area contributed by atoms with Crippen LogP contribution in [0.3, 0.4) is 0 Å². The maximum atomic E-state index is 11.3. The van der Waals surface area contributed by atoms with Crippen LogP contribution < -0.4 is 0 Å². The van der Waals surface area contributed by atoms with Crippen molar-refractivity contribution in [3.8, 4) is 0 Å². The van der Waals surface area contributed by atoms with Gasteiger partial charge in [-0.25, -0.2) is 4.79 Å². The highest BCUT2D eigenvalue weighted by Crippen LogP contribution is 2.13. The number of hydrogen-bond acceptors (Lipinski definition) is 5. The van der Waals surface area contributed by atoms with Crippen LogP contribution in [0.25, 0.3) is 0 Å².